The summed E-state index contributed by atoms with van der Waals surface area (Å²) in [4.78, 5) is 0. The number of rotatable bonds is 0. The fraction of sp³-hybridized carbons (Fsp3) is 0. The molecule has 0 N–H and O–H groups in total. The molecular formula is H3Cl6O2P3. The molecule has 0 aliphatic heterocycles. The SMILES string of the molecule is O=P(Cl)(Cl)Cl.O=P(Cl)(Cl)Cl.P. The Morgan fingerprint density at radius 2 is 0.636 bits per heavy atom. The highest BCUT2D eigenvalue weighted by atomic mass is 36.1. The molecule has 0 bridgehead atoms. The molecule has 0 aromatic heterocycles. The van der Waals surface area contributed by atoms with Crippen LogP contribution in [0.5, 0.6) is 0 Å². The second-order valence-corrected chi connectivity index (χ2v) is 14.1. The second-order valence-electron chi connectivity index (χ2n) is 0.797. The van der Waals surface area contributed by atoms with E-state index in [1.165, 1.54) is 0 Å². The average Bonchev–Trinajstić information content (AvgIpc) is 1.12. The Bertz CT molecular complexity index is 128. The maximum Gasteiger partial charge on any atom is 0.339 e. The lowest BCUT2D eigenvalue weighted by molar-refractivity contribution is 0.599. The lowest BCUT2D eigenvalue weighted by Gasteiger charge is -1.74. The van der Waals surface area contributed by atoms with Gasteiger partial charge in [0.15, 0.2) is 0 Å². The third kappa shape index (κ3) is 206. The van der Waals surface area contributed by atoms with Crippen molar-refractivity contribution >= 4 is 87.7 Å². The van der Waals surface area contributed by atoms with Crippen LogP contribution in [0.3, 0.4) is 0 Å². The molecule has 0 aliphatic rings. The van der Waals surface area contributed by atoms with Gasteiger partial charge in [0.1, 0.15) is 0 Å². The van der Waals surface area contributed by atoms with Crippen LogP contribution in [0.15, 0.2) is 0 Å². The normalized spacial score (nSPS) is 10.7. The molecular weight excluding hydrogens is 338 g/mol. The Hall–Kier alpha value is 2.63. The van der Waals surface area contributed by atoms with Gasteiger partial charge in [-0.15, -0.1) is 0 Å². The minimum absolute atomic E-state index is 0. The summed E-state index contributed by atoms with van der Waals surface area (Å²) >= 11 is 27.7. The fourth-order valence-corrected chi connectivity index (χ4v) is 0. The summed E-state index contributed by atoms with van der Waals surface area (Å²) in [5.74, 6) is 0. The molecule has 0 aromatic rings. The van der Waals surface area contributed by atoms with Gasteiger partial charge in [-0.05, 0) is 67.4 Å². The molecule has 11 heavy (non-hydrogen) atoms. The molecule has 1 atom stereocenters. The Kier molecular flexibility index (Phi) is 14.0. The monoisotopic (exact) mass is 338 g/mol. The first-order valence-corrected chi connectivity index (χ1v) is 10.2. The third-order valence-corrected chi connectivity index (χ3v) is 0. The van der Waals surface area contributed by atoms with E-state index in [2.05, 4.69) is 67.4 Å². The summed E-state index contributed by atoms with van der Waals surface area (Å²) in [6, 6.07) is 0. The lowest BCUT2D eigenvalue weighted by atomic mass is 16.0. The zero-order chi connectivity index (χ0) is 9.00. The van der Waals surface area contributed by atoms with Crippen molar-refractivity contribution in [3.63, 3.8) is 0 Å². The molecule has 72 valence electrons. The van der Waals surface area contributed by atoms with Crippen LogP contribution in [-0.2, 0) is 9.13 Å². The predicted octanol–water partition coefficient (Wildman–Crippen LogP) is 5.68. The summed E-state index contributed by atoms with van der Waals surface area (Å²) in [6.07, 6.45) is 0. The van der Waals surface area contributed by atoms with E-state index in [9.17, 15) is 9.13 Å². The van der Waals surface area contributed by atoms with Gasteiger partial charge < -0.3 is 0 Å². The molecule has 0 spiro atoms. The van der Waals surface area contributed by atoms with Gasteiger partial charge in [0.2, 0.25) is 0 Å². The Morgan fingerprint density at radius 3 is 0.636 bits per heavy atom. The zero-order valence-electron chi connectivity index (χ0n) is 4.69. The highest BCUT2D eigenvalue weighted by molar-refractivity contribution is 8.25. The minimum Gasteiger partial charge on any atom is -0.271 e. The molecule has 2 nitrogen and oxygen atoms in total. The molecule has 0 rings (SSSR count). The zero-order valence-corrected chi connectivity index (χ0v) is 12.4. The number of hydrogen-bond acceptors (Lipinski definition) is 2. The number of hydrogen-bond donors (Lipinski definition) is 0. The van der Waals surface area contributed by atoms with E-state index in [0.717, 1.165) is 0 Å². The van der Waals surface area contributed by atoms with Gasteiger partial charge in [-0.25, -0.2) is 0 Å². The molecule has 0 saturated heterocycles. The van der Waals surface area contributed by atoms with Gasteiger partial charge >= 0.3 is 10.4 Å². The largest absolute Gasteiger partial charge is 0.339 e. The van der Waals surface area contributed by atoms with Crippen LogP contribution in [0.2, 0.25) is 0 Å². The molecule has 0 heterocycles. The van der Waals surface area contributed by atoms with Crippen molar-refractivity contribution < 1.29 is 9.13 Å². The van der Waals surface area contributed by atoms with Crippen LogP contribution < -0.4 is 0 Å². The van der Waals surface area contributed by atoms with Crippen molar-refractivity contribution in [2.75, 3.05) is 0 Å². The van der Waals surface area contributed by atoms with Crippen LogP contribution in [0.1, 0.15) is 0 Å². The van der Waals surface area contributed by atoms with Gasteiger partial charge in [-0.2, -0.15) is 9.90 Å². The lowest BCUT2D eigenvalue weighted by Crippen LogP contribution is -1.19. The van der Waals surface area contributed by atoms with Gasteiger partial charge in [0, 0.05) is 0 Å². The highest BCUT2D eigenvalue weighted by Gasteiger charge is 2.03. The van der Waals surface area contributed by atoms with Crippen LogP contribution in [-0.4, -0.2) is 0 Å². The number of halogens is 6. The maximum atomic E-state index is 9.51. The molecule has 11 heteroatoms. The summed E-state index contributed by atoms with van der Waals surface area (Å²) in [6.45, 7) is 0. The minimum atomic E-state index is -3.22. The van der Waals surface area contributed by atoms with Crippen LogP contribution in [0.25, 0.3) is 0 Å². The van der Waals surface area contributed by atoms with E-state index in [-0.39, 0.29) is 9.90 Å². The van der Waals surface area contributed by atoms with Gasteiger partial charge in [-0.1, -0.05) is 0 Å². The van der Waals surface area contributed by atoms with E-state index in [1.807, 2.05) is 0 Å². The molecule has 0 aliphatic carbocycles. The van der Waals surface area contributed by atoms with Crippen LogP contribution >= 0.6 is 87.7 Å². The maximum absolute atomic E-state index is 9.51. The first kappa shape index (κ1) is 19.2. The average molecular weight is 341 g/mol. The van der Waals surface area contributed by atoms with Crippen molar-refractivity contribution in [1.29, 1.82) is 0 Å². The van der Waals surface area contributed by atoms with E-state index < -0.39 is 10.4 Å². The van der Waals surface area contributed by atoms with Crippen molar-refractivity contribution in [3.05, 3.63) is 0 Å². The van der Waals surface area contributed by atoms with E-state index in [1.54, 1.807) is 0 Å². The van der Waals surface area contributed by atoms with Crippen molar-refractivity contribution in [1.82, 2.24) is 0 Å². The summed E-state index contributed by atoms with van der Waals surface area (Å²) in [5.41, 5.74) is 0. The van der Waals surface area contributed by atoms with E-state index >= 15 is 0 Å². The molecule has 0 aromatic carbocycles. The van der Waals surface area contributed by atoms with E-state index in [0.29, 0.717) is 0 Å². The van der Waals surface area contributed by atoms with Crippen molar-refractivity contribution in [3.8, 4) is 0 Å². The molecule has 1 unspecified atom stereocenters. The topological polar surface area (TPSA) is 34.1 Å². The third-order valence-electron chi connectivity index (χ3n) is 0. The Balaban J connectivity index is -0.000000107. The summed E-state index contributed by atoms with van der Waals surface area (Å²) in [7, 11) is 0. The Morgan fingerprint density at radius 1 is 0.636 bits per heavy atom. The Labute approximate surface area is 96.3 Å². The quantitative estimate of drug-likeness (QED) is 0.532. The van der Waals surface area contributed by atoms with Crippen molar-refractivity contribution in [2.45, 2.75) is 0 Å². The molecule has 0 radical (unpaired) electrons. The van der Waals surface area contributed by atoms with Crippen molar-refractivity contribution in [2.24, 2.45) is 0 Å². The fourth-order valence-electron chi connectivity index (χ4n) is 0. The van der Waals surface area contributed by atoms with E-state index in [4.69, 9.17) is 0 Å². The smallest absolute Gasteiger partial charge is 0.271 e. The summed E-state index contributed by atoms with van der Waals surface area (Å²) in [5, 5.41) is -6.44. The molecule has 0 amide bonds. The van der Waals surface area contributed by atoms with Gasteiger partial charge in [0.25, 0.3) is 0 Å². The first-order chi connectivity index (χ1) is 4.00. The molecule has 0 saturated carbocycles. The standard InChI is InChI=1S/2Cl3OP.H3P/c2*1-5(2,3)4;/h;;1H3. The van der Waals surface area contributed by atoms with Gasteiger partial charge in [-0.3, -0.25) is 9.13 Å². The highest BCUT2D eigenvalue weighted by Crippen LogP contribution is 2.61. The van der Waals surface area contributed by atoms with Gasteiger partial charge in [0.05, 0.1) is 0 Å². The summed E-state index contributed by atoms with van der Waals surface area (Å²) < 4.78 is 19.0. The predicted molar refractivity (Wildman–Crippen MR) is 61.4 cm³/mol. The second kappa shape index (κ2) is 7.98. The molecule has 0 fully saturated rings. The van der Waals surface area contributed by atoms with Crippen LogP contribution in [0, 0.1) is 0 Å². The first-order valence-electron chi connectivity index (χ1n) is 1.38. The van der Waals surface area contributed by atoms with Crippen LogP contribution in [0.4, 0.5) is 0 Å².